The Kier molecular flexibility index (Phi) is 1.57. The zero-order valence-corrected chi connectivity index (χ0v) is 6.58. The van der Waals surface area contributed by atoms with Gasteiger partial charge in [0.2, 0.25) is 0 Å². The van der Waals surface area contributed by atoms with E-state index in [2.05, 4.69) is 0 Å². The van der Waals surface area contributed by atoms with Gasteiger partial charge in [-0.05, 0) is 12.8 Å². The maximum atomic E-state index is 9.40. The molecule has 1 aromatic carbocycles. The summed E-state index contributed by atoms with van der Waals surface area (Å²) in [5, 5.41) is 18.5. The number of hydrogen-bond donors (Lipinski definition) is 2. The molecule has 0 saturated carbocycles. The molecule has 0 fully saturated rings. The third-order valence-corrected chi connectivity index (χ3v) is 2.00. The second-order valence-electron chi connectivity index (χ2n) is 2.89. The molecule has 0 saturated heterocycles. The number of benzene rings is 1. The summed E-state index contributed by atoms with van der Waals surface area (Å²) in [5.41, 5.74) is 0.805. The van der Waals surface area contributed by atoms with Gasteiger partial charge in [-0.1, -0.05) is 0 Å². The Labute approximate surface area is 70.2 Å². The van der Waals surface area contributed by atoms with E-state index in [1.165, 1.54) is 12.1 Å². The highest BCUT2D eigenvalue weighted by molar-refractivity contribution is 5.50. The van der Waals surface area contributed by atoms with Crippen LogP contribution in [0.25, 0.3) is 0 Å². The molecule has 1 aliphatic heterocycles. The lowest BCUT2D eigenvalue weighted by Crippen LogP contribution is -2.07. The van der Waals surface area contributed by atoms with Crippen LogP contribution in [0.15, 0.2) is 12.1 Å². The Morgan fingerprint density at radius 3 is 2.92 bits per heavy atom. The highest BCUT2D eigenvalue weighted by atomic mass is 16.5. The molecule has 1 heterocycles. The molecule has 3 nitrogen and oxygen atoms in total. The Balaban J connectivity index is 2.53. The largest absolute Gasteiger partial charge is 0.508 e. The summed E-state index contributed by atoms with van der Waals surface area (Å²) in [6.07, 6.45) is 1.74. The number of aromatic hydroxyl groups is 2. The van der Waals surface area contributed by atoms with Crippen LogP contribution < -0.4 is 4.74 Å². The van der Waals surface area contributed by atoms with E-state index in [9.17, 15) is 5.11 Å². The first-order valence-electron chi connectivity index (χ1n) is 3.95. The van der Waals surface area contributed by atoms with Crippen molar-refractivity contribution in [2.24, 2.45) is 0 Å². The smallest absolute Gasteiger partial charge is 0.129 e. The minimum atomic E-state index is 0.0492. The average Bonchev–Trinajstić information content (AvgIpc) is 2.04. The van der Waals surface area contributed by atoms with Crippen molar-refractivity contribution in [2.45, 2.75) is 12.8 Å². The van der Waals surface area contributed by atoms with Crippen LogP contribution in [0.2, 0.25) is 0 Å². The van der Waals surface area contributed by atoms with Gasteiger partial charge in [-0.2, -0.15) is 0 Å². The van der Waals surface area contributed by atoms with Gasteiger partial charge in [-0.25, -0.2) is 0 Å². The van der Waals surface area contributed by atoms with Crippen molar-refractivity contribution in [2.75, 3.05) is 6.61 Å². The Bertz CT molecular complexity index is 307. The van der Waals surface area contributed by atoms with Crippen molar-refractivity contribution in [3.05, 3.63) is 17.7 Å². The third-order valence-electron chi connectivity index (χ3n) is 2.00. The van der Waals surface area contributed by atoms with E-state index in [0.29, 0.717) is 12.4 Å². The topological polar surface area (TPSA) is 49.7 Å². The predicted octanol–water partition coefficient (Wildman–Crippen LogP) is 1.42. The SMILES string of the molecule is Oc1cc(O)c2c(c1)OCCC2. The fourth-order valence-electron chi connectivity index (χ4n) is 1.43. The molecule has 0 aromatic heterocycles. The zero-order chi connectivity index (χ0) is 8.55. The van der Waals surface area contributed by atoms with Gasteiger partial charge in [0.25, 0.3) is 0 Å². The van der Waals surface area contributed by atoms with E-state index in [-0.39, 0.29) is 11.5 Å². The molecule has 0 bridgehead atoms. The van der Waals surface area contributed by atoms with Gasteiger partial charge >= 0.3 is 0 Å². The second-order valence-corrected chi connectivity index (χ2v) is 2.89. The molecule has 1 aliphatic rings. The second kappa shape index (κ2) is 2.59. The van der Waals surface area contributed by atoms with Crippen LogP contribution in [0.3, 0.4) is 0 Å². The first-order chi connectivity index (χ1) is 5.77. The van der Waals surface area contributed by atoms with Crippen molar-refractivity contribution in [1.82, 2.24) is 0 Å². The van der Waals surface area contributed by atoms with Gasteiger partial charge in [0.1, 0.15) is 17.2 Å². The highest BCUT2D eigenvalue weighted by Gasteiger charge is 2.15. The Morgan fingerprint density at radius 2 is 2.08 bits per heavy atom. The predicted molar refractivity (Wildman–Crippen MR) is 43.6 cm³/mol. The maximum absolute atomic E-state index is 9.40. The van der Waals surface area contributed by atoms with Gasteiger partial charge in [0.15, 0.2) is 0 Å². The molecule has 0 radical (unpaired) electrons. The number of phenolic OH excluding ortho intramolecular Hbond substituents is 2. The average molecular weight is 166 g/mol. The molecule has 1 aromatic rings. The molecule has 0 atom stereocenters. The van der Waals surface area contributed by atoms with Crippen LogP contribution in [-0.2, 0) is 6.42 Å². The van der Waals surface area contributed by atoms with Crippen LogP contribution >= 0.6 is 0 Å². The summed E-state index contributed by atoms with van der Waals surface area (Å²) >= 11 is 0. The molecular weight excluding hydrogens is 156 g/mol. The van der Waals surface area contributed by atoms with Gasteiger partial charge in [-0.15, -0.1) is 0 Å². The molecule has 2 rings (SSSR count). The van der Waals surface area contributed by atoms with Gasteiger partial charge < -0.3 is 14.9 Å². The molecule has 0 unspecified atom stereocenters. The number of rotatable bonds is 0. The molecule has 64 valence electrons. The summed E-state index contributed by atoms with van der Waals surface area (Å²) in [5.74, 6) is 0.789. The van der Waals surface area contributed by atoms with Crippen LogP contribution in [0, 0.1) is 0 Å². The number of hydrogen-bond acceptors (Lipinski definition) is 3. The molecule has 0 spiro atoms. The molecule has 2 N–H and O–H groups in total. The number of ether oxygens (including phenoxy) is 1. The number of phenols is 2. The summed E-state index contributed by atoms with van der Waals surface area (Å²) in [4.78, 5) is 0. The summed E-state index contributed by atoms with van der Waals surface area (Å²) < 4.78 is 5.27. The molecule has 0 aliphatic carbocycles. The van der Waals surface area contributed by atoms with Crippen LogP contribution in [-0.4, -0.2) is 16.8 Å². The fraction of sp³-hybridized carbons (Fsp3) is 0.333. The first-order valence-corrected chi connectivity index (χ1v) is 3.95. The van der Waals surface area contributed by atoms with E-state index < -0.39 is 0 Å². The fourth-order valence-corrected chi connectivity index (χ4v) is 1.43. The van der Waals surface area contributed by atoms with Crippen LogP contribution in [0.1, 0.15) is 12.0 Å². The van der Waals surface area contributed by atoms with Crippen molar-refractivity contribution in [1.29, 1.82) is 0 Å². The van der Waals surface area contributed by atoms with E-state index in [4.69, 9.17) is 9.84 Å². The van der Waals surface area contributed by atoms with Crippen molar-refractivity contribution >= 4 is 0 Å². The standard InChI is InChI=1S/C9H10O3/c10-6-4-8(11)7-2-1-3-12-9(7)5-6/h4-5,10-11H,1-3H2. The normalized spacial score (nSPS) is 15.0. The van der Waals surface area contributed by atoms with E-state index >= 15 is 0 Å². The molecule has 0 amide bonds. The van der Waals surface area contributed by atoms with Gasteiger partial charge in [0.05, 0.1) is 6.61 Å². The lowest BCUT2D eigenvalue weighted by atomic mass is 10.1. The minimum absolute atomic E-state index is 0.0492. The van der Waals surface area contributed by atoms with Crippen molar-refractivity contribution < 1.29 is 14.9 Å². The summed E-state index contributed by atoms with van der Waals surface area (Å²) in [6, 6.07) is 2.88. The lowest BCUT2D eigenvalue weighted by molar-refractivity contribution is 0.281. The van der Waals surface area contributed by atoms with Crippen molar-refractivity contribution in [3.8, 4) is 17.2 Å². The quantitative estimate of drug-likeness (QED) is 0.612. The van der Waals surface area contributed by atoms with Crippen LogP contribution in [0.4, 0.5) is 0 Å². The molecule has 3 heteroatoms. The highest BCUT2D eigenvalue weighted by Crippen LogP contribution is 2.35. The van der Waals surface area contributed by atoms with E-state index in [1.54, 1.807) is 0 Å². The maximum Gasteiger partial charge on any atom is 0.129 e. The van der Waals surface area contributed by atoms with E-state index in [1.807, 2.05) is 0 Å². The van der Waals surface area contributed by atoms with E-state index in [0.717, 1.165) is 18.4 Å². The van der Waals surface area contributed by atoms with Crippen LogP contribution in [0.5, 0.6) is 17.2 Å². The Hall–Kier alpha value is -1.38. The summed E-state index contributed by atoms with van der Waals surface area (Å²) in [7, 11) is 0. The summed E-state index contributed by atoms with van der Waals surface area (Å²) in [6.45, 7) is 0.663. The zero-order valence-electron chi connectivity index (χ0n) is 6.58. The first kappa shape index (κ1) is 7.28. The molecular formula is C9H10O3. The van der Waals surface area contributed by atoms with Gasteiger partial charge in [0, 0.05) is 17.7 Å². The molecule has 12 heavy (non-hydrogen) atoms. The van der Waals surface area contributed by atoms with Crippen molar-refractivity contribution in [3.63, 3.8) is 0 Å². The van der Waals surface area contributed by atoms with Gasteiger partial charge in [-0.3, -0.25) is 0 Å². The minimum Gasteiger partial charge on any atom is -0.508 e. The third kappa shape index (κ3) is 1.07. The lowest BCUT2D eigenvalue weighted by Gasteiger charge is -2.17. The Morgan fingerprint density at radius 1 is 1.25 bits per heavy atom. The monoisotopic (exact) mass is 166 g/mol. The number of fused-ring (bicyclic) bond motifs is 1.